The summed E-state index contributed by atoms with van der Waals surface area (Å²) >= 11 is 0. The van der Waals surface area contributed by atoms with Crippen LogP contribution in [0.1, 0.15) is 5.56 Å². The van der Waals surface area contributed by atoms with Gasteiger partial charge in [-0.1, -0.05) is 48.5 Å². The molecule has 5 aromatic rings. The zero-order valence-electron chi connectivity index (χ0n) is 18.8. The van der Waals surface area contributed by atoms with Crippen molar-refractivity contribution in [1.82, 2.24) is 0 Å². The van der Waals surface area contributed by atoms with Crippen LogP contribution in [0.3, 0.4) is 0 Å². The number of carbonyl (C=O) groups is 1. The molecule has 5 nitrogen and oxygen atoms in total. The first-order valence-corrected chi connectivity index (χ1v) is 11.1. The minimum atomic E-state index is -0.757. The van der Waals surface area contributed by atoms with Crippen molar-refractivity contribution in [3.8, 4) is 17.4 Å². The molecule has 1 amide bonds. The molecule has 0 fully saturated rings. The summed E-state index contributed by atoms with van der Waals surface area (Å²) in [6, 6.07) is 38.0. The van der Waals surface area contributed by atoms with Crippen molar-refractivity contribution in [3.63, 3.8) is 0 Å². The molecule has 2 N–H and O–H groups in total. The molecule has 0 atom stereocenters. The lowest BCUT2D eigenvalue weighted by molar-refractivity contribution is -0.114. The third kappa shape index (κ3) is 4.54. The third-order valence-corrected chi connectivity index (χ3v) is 5.68. The van der Waals surface area contributed by atoms with E-state index in [9.17, 15) is 4.79 Å². The number of hydrogen-bond acceptors (Lipinski definition) is 4. The van der Waals surface area contributed by atoms with E-state index in [-0.39, 0.29) is 5.57 Å². The average molecular weight is 456 g/mol. The number of amides is 1. The van der Waals surface area contributed by atoms with Crippen LogP contribution in [0.2, 0.25) is 0 Å². The molecule has 0 bridgehead atoms. The summed E-state index contributed by atoms with van der Waals surface area (Å²) in [4.78, 5) is 13.5. The lowest BCUT2D eigenvalue weighted by Crippen LogP contribution is -2.12. The third-order valence-electron chi connectivity index (χ3n) is 5.68. The fourth-order valence-corrected chi connectivity index (χ4v) is 3.98. The number of primary amides is 1. The van der Waals surface area contributed by atoms with Crippen molar-refractivity contribution in [1.29, 1.82) is 5.26 Å². The largest absolute Gasteiger partial charge is 0.456 e. The van der Waals surface area contributed by atoms with Crippen LogP contribution >= 0.6 is 0 Å². The van der Waals surface area contributed by atoms with Gasteiger partial charge in [-0.3, -0.25) is 4.79 Å². The van der Waals surface area contributed by atoms with Crippen LogP contribution in [0.4, 0.5) is 17.1 Å². The van der Waals surface area contributed by atoms with Crippen LogP contribution in [-0.2, 0) is 4.79 Å². The van der Waals surface area contributed by atoms with Gasteiger partial charge in [-0.15, -0.1) is 0 Å². The second kappa shape index (κ2) is 9.42. The average Bonchev–Trinajstić information content (AvgIpc) is 3.32. The van der Waals surface area contributed by atoms with Gasteiger partial charge in [0.15, 0.2) is 0 Å². The highest BCUT2D eigenvalue weighted by molar-refractivity contribution is 6.01. The van der Waals surface area contributed by atoms with Crippen LogP contribution in [0.15, 0.2) is 119 Å². The Labute approximate surface area is 203 Å². The SMILES string of the molecule is N#CC(=Cc1ccc2cc(-c3ccc(N(c4ccccc4)c4ccccc4)cc3)oc2c1)C(N)=O. The molecule has 0 aliphatic carbocycles. The fraction of sp³-hybridized carbons (Fsp3) is 0. The summed E-state index contributed by atoms with van der Waals surface area (Å²) < 4.78 is 6.10. The molecular formula is C30H21N3O2. The first-order chi connectivity index (χ1) is 17.1. The Balaban J connectivity index is 1.48. The van der Waals surface area contributed by atoms with Crippen LogP contribution in [0, 0.1) is 11.3 Å². The standard InChI is InChI=1S/C30H21N3O2/c31-20-24(30(32)34)17-21-11-12-23-19-29(35-28(23)18-21)22-13-15-27(16-14-22)33(25-7-3-1-4-8-25)26-9-5-2-6-10-26/h1-19H,(H2,32,34). The van der Waals surface area contributed by atoms with Crippen LogP contribution in [0.5, 0.6) is 0 Å². The lowest BCUT2D eigenvalue weighted by Gasteiger charge is -2.25. The van der Waals surface area contributed by atoms with Gasteiger partial charge in [0.2, 0.25) is 0 Å². The van der Waals surface area contributed by atoms with Gasteiger partial charge in [-0.25, -0.2) is 0 Å². The van der Waals surface area contributed by atoms with E-state index in [0.29, 0.717) is 11.1 Å². The number of rotatable bonds is 6. The van der Waals surface area contributed by atoms with Gasteiger partial charge in [-0.2, -0.15) is 5.26 Å². The van der Waals surface area contributed by atoms with Gasteiger partial charge in [0.1, 0.15) is 23.0 Å². The maximum atomic E-state index is 11.3. The smallest absolute Gasteiger partial charge is 0.259 e. The fourth-order valence-electron chi connectivity index (χ4n) is 3.98. The van der Waals surface area contributed by atoms with E-state index in [1.807, 2.05) is 72.8 Å². The summed E-state index contributed by atoms with van der Waals surface area (Å²) in [5.41, 5.74) is 10.6. The van der Waals surface area contributed by atoms with Gasteiger partial charge in [0.25, 0.3) is 5.91 Å². The van der Waals surface area contributed by atoms with Crippen LogP contribution in [0.25, 0.3) is 28.4 Å². The first-order valence-electron chi connectivity index (χ1n) is 11.1. The second-order valence-corrected chi connectivity index (χ2v) is 8.00. The number of anilines is 3. The highest BCUT2D eigenvalue weighted by atomic mass is 16.3. The zero-order chi connectivity index (χ0) is 24.2. The summed E-state index contributed by atoms with van der Waals surface area (Å²) in [5, 5.41) is 10.0. The van der Waals surface area contributed by atoms with E-state index >= 15 is 0 Å². The van der Waals surface area contributed by atoms with Gasteiger partial charge in [0.05, 0.1) is 0 Å². The van der Waals surface area contributed by atoms with Crippen molar-refractivity contribution in [2.24, 2.45) is 5.73 Å². The number of fused-ring (bicyclic) bond motifs is 1. The molecule has 0 unspecified atom stereocenters. The number of benzene rings is 4. The summed E-state index contributed by atoms with van der Waals surface area (Å²) in [6.07, 6.45) is 1.46. The Morgan fingerprint density at radius 2 is 1.40 bits per heavy atom. The molecule has 1 aromatic heterocycles. The zero-order valence-corrected chi connectivity index (χ0v) is 18.8. The number of furan rings is 1. The normalized spacial score (nSPS) is 11.2. The van der Waals surface area contributed by atoms with Crippen molar-refractivity contribution >= 4 is 40.0 Å². The molecule has 0 spiro atoms. The van der Waals surface area contributed by atoms with E-state index < -0.39 is 5.91 Å². The predicted molar refractivity (Wildman–Crippen MR) is 139 cm³/mol. The Bertz CT molecular complexity index is 1520. The van der Waals surface area contributed by atoms with E-state index in [1.54, 1.807) is 6.07 Å². The molecule has 0 radical (unpaired) electrons. The van der Waals surface area contributed by atoms with Gasteiger partial charge in [0, 0.05) is 28.0 Å². The molecule has 35 heavy (non-hydrogen) atoms. The van der Waals surface area contributed by atoms with Crippen LogP contribution in [-0.4, -0.2) is 5.91 Å². The minimum absolute atomic E-state index is 0.104. The van der Waals surface area contributed by atoms with Gasteiger partial charge in [-0.05, 0) is 72.3 Å². The van der Waals surface area contributed by atoms with Crippen molar-refractivity contribution in [2.45, 2.75) is 0 Å². The Kier molecular flexibility index (Phi) is 5.85. The Morgan fingerprint density at radius 3 is 1.97 bits per heavy atom. The van der Waals surface area contributed by atoms with Gasteiger partial charge >= 0.3 is 0 Å². The number of nitrogens with two attached hydrogens (primary N) is 1. The minimum Gasteiger partial charge on any atom is -0.456 e. The van der Waals surface area contributed by atoms with Crippen molar-refractivity contribution in [2.75, 3.05) is 4.90 Å². The number of nitrogens with zero attached hydrogens (tertiary/aromatic N) is 2. The molecule has 1 heterocycles. The van der Waals surface area contributed by atoms with E-state index in [1.165, 1.54) is 6.08 Å². The summed E-state index contributed by atoms with van der Waals surface area (Å²) in [5.74, 6) is -0.0260. The van der Waals surface area contributed by atoms with Crippen molar-refractivity contribution in [3.05, 3.63) is 120 Å². The first kappa shape index (κ1) is 21.7. The molecule has 168 valence electrons. The second-order valence-electron chi connectivity index (χ2n) is 8.00. The molecular weight excluding hydrogens is 434 g/mol. The maximum Gasteiger partial charge on any atom is 0.259 e. The highest BCUT2D eigenvalue weighted by Gasteiger charge is 2.13. The van der Waals surface area contributed by atoms with Crippen LogP contribution < -0.4 is 10.6 Å². The number of para-hydroxylation sites is 2. The maximum absolute atomic E-state index is 11.3. The summed E-state index contributed by atoms with van der Waals surface area (Å²) in [7, 11) is 0. The topological polar surface area (TPSA) is 83.3 Å². The Morgan fingerprint density at radius 1 is 0.800 bits per heavy atom. The quantitative estimate of drug-likeness (QED) is 0.222. The lowest BCUT2D eigenvalue weighted by atomic mass is 10.1. The van der Waals surface area contributed by atoms with Gasteiger partial charge < -0.3 is 15.1 Å². The van der Waals surface area contributed by atoms with E-state index in [2.05, 4.69) is 41.3 Å². The van der Waals surface area contributed by atoms with Crippen molar-refractivity contribution < 1.29 is 9.21 Å². The monoisotopic (exact) mass is 455 g/mol. The number of hydrogen-bond donors (Lipinski definition) is 1. The molecule has 4 aromatic carbocycles. The van der Waals surface area contributed by atoms with E-state index in [4.69, 9.17) is 15.4 Å². The Hall–Kier alpha value is -5.08. The van der Waals surface area contributed by atoms with E-state index in [0.717, 1.165) is 33.8 Å². The number of nitriles is 1. The highest BCUT2D eigenvalue weighted by Crippen LogP contribution is 2.36. The predicted octanol–water partition coefficient (Wildman–Crippen LogP) is 6.96. The molecule has 0 aliphatic heterocycles. The number of carbonyl (C=O) groups excluding carboxylic acids is 1. The molecule has 5 rings (SSSR count). The molecule has 5 heteroatoms. The molecule has 0 saturated heterocycles. The summed E-state index contributed by atoms with van der Waals surface area (Å²) in [6.45, 7) is 0. The molecule has 0 saturated carbocycles. The molecule has 0 aliphatic rings.